The molecule has 0 heterocycles. The van der Waals surface area contributed by atoms with Gasteiger partial charge in [-0.05, 0) is 12.1 Å². The molecule has 0 aliphatic rings. The predicted molar refractivity (Wildman–Crippen MR) is 30.9 cm³/mol. The fraction of sp³-hybridized carbons (Fsp3) is 0. The second kappa shape index (κ2) is 4.30. The Balaban J connectivity index is 0. The summed E-state index contributed by atoms with van der Waals surface area (Å²) in [7, 11) is 0. The molecule has 0 saturated carbocycles. The van der Waals surface area contributed by atoms with Crippen LogP contribution in [0.5, 0.6) is 11.5 Å². The van der Waals surface area contributed by atoms with Gasteiger partial charge in [-0.15, -0.1) is 0 Å². The SMILES string of the molecule is Oc1cccc(O)c1.[H-].[K+]. The largest absolute Gasteiger partial charge is 1.00 e. The van der Waals surface area contributed by atoms with E-state index in [1.807, 2.05) is 0 Å². The van der Waals surface area contributed by atoms with Crippen LogP contribution < -0.4 is 51.4 Å². The van der Waals surface area contributed by atoms with Crippen molar-refractivity contribution in [2.75, 3.05) is 0 Å². The third-order valence-electron chi connectivity index (χ3n) is 0.830. The zero-order chi connectivity index (χ0) is 5.98. The molecular weight excluding hydrogens is 143 g/mol. The van der Waals surface area contributed by atoms with E-state index in [-0.39, 0.29) is 64.3 Å². The van der Waals surface area contributed by atoms with E-state index in [4.69, 9.17) is 10.2 Å². The summed E-state index contributed by atoms with van der Waals surface area (Å²) in [5.74, 6) is 0.176. The van der Waals surface area contributed by atoms with Gasteiger partial charge in [0.05, 0.1) is 0 Å². The van der Waals surface area contributed by atoms with Crippen LogP contribution in [0.25, 0.3) is 0 Å². The number of phenols is 2. The Kier molecular flexibility index (Phi) is 4.52. The van der Waals surface area contributed by atoms with Crippen LogP contribution in [-0.2, 0) is 0 Å². The zero-order valence-corrected chi connectivity index (χ0v) is 8.33. The van der Waals surface area contributed by atoms with Crippen molar-refractivity contribution in [2.24, 2.45) is 0 Å². The average Bonchev–Trinajstić information content (AvgIpc) is 1.64. The first-order valence-corrected chi connectivity index (χ1v) is 2.27. The molecule has 1 aromatic rings. The number of phenolic OH excluding ortho intramolecular Hbond substituents is 2. The second-order valence-corrected chi connectivity index (χ2v) is 1.52. The van der Waals surface area contributed by atoms with Gasteiger partial charge >= 0.3 is 51.4 Å². The number of aromatic hydroxyl groups is 2. The predicted octanol–water partition coefficient (Wildman–Crippen LogP) is -1.79. The molecule has 0 atom stereocenters. The smallest absolute Gasteiger partial charge is 1.00 e. The molecule has 0 fully saturated rings. The Hall–Kier alpha value is 0.456. The first-order chi connectivity index (χ1) is 3.79. The van der Waals surface area contributed by atoms with E-state index >= 15 is 0 Å². The number of rotatable bonds is 0. The van der Waals surface area contributed by atoms with Gasteiger partial charge in [0.2, 0.25) is 0 Å². The van der Waals surface area contributed by atoms with Crippen LogP contribution in [0.15, 0.2) is 24.3 Å². The minimum atomic E-state index is 0. The number of benzene rings is 1. The molecule has 0 amide bonds. The van der Waals surface area contributed by atoms with Crippen molar-refractivity contribution in [3.63, 3.8) is 0 Å². The summed E-state index contributed by atoms with van der Waals surface area (Å²) in [4.78, 5) is 0. The van der Waals surface area contributed by atoms with E-state index < -0.39 is 0 Å². The van der Waals surface area contributed by atoms with Crippen molar-refractivity contribution >= 4 is 0 Å². The van der Waals surface area contributed by atoms with Gasteiger partial charge < -0.3 is 11.6 Å². The molecular formula is C6H7KO2. The van der Waals surface area contributed by atoms with Crippen LogP contribution in [0.2, 0.25) is 0 Å². The average molecular weight is 150 g/mol. The van der Waals surface area contributed by atoms with Crippen molar-refractivity contribution in [1.82, 2.24) is 0 Å². The molecule has 2 N–H and O–H groups in total. The van der Waals surface area contributed by atoms with Crippen LogP contribution in [0.1, 0.15) is 1.43 Å². The van der Waals surface area contributed by atoms with E-state index in [0.29, 0.717) is 0 Å². The molecule has 0 aromatic heterocycles. The summed E-state index contributed by atoms with van der Waals surface area (Å²) in [5, 5.41) is 17.3. The summed E-state index contributed by atoms with van der Waals surface area (Å²) in [6.07, 6.45) is 0. The molecule has 9 heavy (non-hydrogen) atoms. The molecule has 0 radical (unpaired) electrons. The summed E-state index contributed by atoms with van der Waals surface area (Å²) in [5.41, 5.74) is 0. The Bertz CT molecular complexity index is 176. The van der Waals surface area contributed by atoms with Crippen molar-refractivity contribution in [2.45, 2.75) is 0 Å². The van der Waals surface area contributed by atoms with Crippen LogP contribution in [0, 0.1) is 0 Å². The van der Waals surface area contributed by atoms with Crippen molar-refractivity contribution in [3.8, 4) is 11.5 Å². The summed E-state index contributed by atoms with van der Waals surface area (Å²) in [6.45, 7) is 0. The molecule has 3 heteroatoms. The molecule has 1 rings (SSSR count). The maximum atomic E-state index is 8.65. The molecule has 0 unspecified atom stereocenters. The summed E-state index contributed by atoms with van der Waals surface area (Å²) in [6, 6.07) is 5.85. The fourth-order valence-electron chi connectivity index (χ4n) is 0.493. The molecule has 0 saturated heterocycles. The van der Waals surface area contributed by atoms with Gasteiger partial charge in [0.25, 0.3) is 0 Å². The first kappa shape index (κ1) is 9.46. The fourth-order valence-corrected chi connectivity index (χ4v) is 0.493. The normalized spacial score (nSPS) is 8.00. The summed E-state index contributed by atoms with van der Waals surface area (Å²) >= 11 is 0. The molecule has 44 valence electrons. The Labute approximate surface area is 97.4 Å². The van der Waals surface area contributed by atoms with Crippen LogP contribution in [0.4, 0.5) is 0 Å². The molecule has 0 spiro atoms. The second-order valence-electron chi connectivity index (χ2n) is 1.52. The zero-order valence-electron chi connectivity index (χ0n) is 6.20. The van der Waals surface area contributed by atoms with E-state index in [1.165, 1.54) is 18.2 Å². The van der Waals surface area contributed by atoms with Gasteiger partial charge in [0.15, 0.2) is 0 Å². The molecule has 0 bridgehead atoms. The minimum absolute atomic E-state index is 0. The number of hydrogen-bond donors (Lipinski definition) is 2. The van der Waals surface area contributed by atoms with E-state index in [2.05, 4.69) is 0 Å². The topological polar surface area (TPSA) is 40.5 Å². The van der Waals surface area contributed by atoms with Gasteiger partial charge in [-0.3, -0.25) is 0 Å². The third kappa shape index (κ3) is 3.22. The van der Waals surface area contributed by atoms with E-state index in [9.17, 15) is 0 Å². The molecule has 0 aliphatic heterocycles. The van der Waals surface area contributed by atoms with Crippen LogP contribution >= 0.6 is 0 Å². The monoisotopic (exact) mass is 150 g/mol. The molecule has 1 aromatic carbocycles. The minimum Gasteiger partial charge on any atom is -1.00 e. The van der Waals surface area contributed by atoms with Crippen LogP contribution in [-0.4, -0.2) is 10.2 Å². The van der Waals surface area contributed by atoms with Gasteiger partial charge in [0, 0.05) is 6.07 Å². The Morgan fingerprint density at radius 1 is 1.11 bits per heavy atom. The molecule has 0 aliphatic carbocycles. The Morgan fingerprint density at radius 2 is 1.56 bits per heavy atom. The maximum absolute atomic E-state index is 8.65. The molecule has 2 nitrogen and oxygen atoms in total. The summed E-state index contributed by atoms with van der Waals surface area (Å²) < 4.78 is 0. The van der Waals surface area contributed by atoms with Crippen molar-refractivity contribution in [3.05, 3.63) is 24.3 Å². The van der Waals surface area contributed by atoms with E-state index in [1.54, 1.807) is 6.07 Å². The maximum Gasteiger partial charge on any atom is 1.00 e. The first-order valence-electron chi connectivity index (χ1n) is 2.27. The van der Waals surface area contributed by atoms with Gasteiger partial charge in [-0.1, -0.05) is 6.07 Å². The quantitative estimate of drug-likeness (QED) is 0.429. The standard InChI is InChI=1S/C6H6O2.K.H/c7-5-2-1-3-6(8)4-5;;/h1-4,7-8H;;/q;+1;-1. The van der Waals surface area contributed by atoms with E-state index in [0.717, 1.165) is 0 Å². The van der Waals surface area contributed by atoms with Crippen molar-refractivity contribution < 1.29 is 63.0 Å². The van der Waals surface area contributed by atoms with Gasteiger partial charge in [-0.2, -0.15) is 0 Å². The van der Waals surface area contributed by atoms with Crippen molar-refractivity contribution in [1.29, 1.82) is 0 Å². The number of hydrogen-bond acceptors (Lipinski definition) is 2. The van der Waals surface area contributed by atoms with Crippen LogP contribution in [0.3, 0.4) is 0 Å². The third-order valence-corrected chi connectivity index (χ3v) is 0.830. The van der Waals surface area contributed by atoms with Gasteiger partial charge in [-0.25, -0.2) is 0 Å². The Morgan fingerprint density at radius 3 is 1.78 bits per heavy atom. The van der Waals surface area contributed by atoms with Gasteiger partial charge in [0.1, 0.15) is 11.5 Å².